The van der Waals surface area contributed by atoms with Crippen molar-refractivity contribution in [3.63, 3.8) is 0 Å². The van der Waals surface area contributed by atoms with E-state index in [0.717, 1.165) is 47.8 Å². The van der Waals surface area contributed by atoms with Crippen LogP contribution in [0.15, 0.2) is 40.6 Å². The molecule has 0 saturated carbocycles. The maximum absolute atomic E-state index is 4.59. The number of rotatable bonds is 6. The van der Waals surface area contributed by atoms with Gasteiger partial charge in [0.1, 0.15) is 5.82 Å². The van der Waals surface area contributed by atoms with E-state index < -0.39 is 0 Å². The minimum atomic E-state index is 0.518. The molecule has 0 atom stereocenters. The maximum atomic E-state index is 4.59. The monoisotopic (exact) mass is 380 g/mol. The molecule has 8 nitrogen and oxygen atoms in total. The van der Waals surface area contributed by atoms with Gasteiger partial charge in [-0.3, -0.25) is 0 Å². The Kier molecular flexibility index (Phi) is 4.76. The molecule has 0 saturated heterocycles. The van der Waals surface area contributed by atoms with Crippen molar-refractivity contribution in [2.45, 2.75) is 40.2 Å². The molecule has 0 N–H and O–H groups in total. The van der Waals surface area contributed by atoms with Crippen LogP contribution in [0.3, 0.4) is 0 Å². The lowest BCUT2D eigenvalue weighted by Crippen LogP contribution is -2.01. The molecule has 4 aromatic rings. The number of hydrogen-bond acceptors (Lipinski definition) is 7. The molecule has 27 heavy (non-hydrogen) atoms. The Hall–Kier alpha value is -2.94. The second-order valence-electron chi connectivity index (χ2n) is 6.12. The summed E-state index contributed by atoms with van der Waals surface area (Å²) in [6.45, 7) is 6.96. The molecule has 138 valence electrons. The zero-order valence-corrected chi connectivity index (χ0v) is 16.3. The van der Waals surface area contributed by atoms with Gasteiger partial charge in [-0.15, -0.1) is 20.0 Å². The van der Waals surface area contributed by atoms with E-state index in [1.54, 1.807) is 4.63 Å². The van der Waals surface area contributed by atoms with Gasteiger partial charge < -0.3 is 4.57 Å². The second kappa shape index (κ2) is 7.36. The van der Waals surface area contributed by atoms with Crippen molar-refractivity contribution in [1.29, 1.82) is 0 Å². The summed E-state index contributed by atoms with van der Waals surface area (Å²) in [7, 11) is 0. The molecule has 0 unspecified atom stereocenters. The lowest BCUT2D eigenvalue weighted by Gasteiger charge is -2.02. The molecule has 0 aliphatic heterocycles. The van der Waals surface area contributed by atoms with Gasteiger partial charge in [0.25, 0.3) is 0 Å². The van der Waals surface area contributed by atoms with E-state index in [9.17, 15) is 0 Å². The van der Waals surface area contributed by atoms with Crippen LogP contribution < -0.4 is 0 Å². The first-order chi connectivity index (χ1) is 13.2. The van der Waals surface area contributed by atoms with Crippen LogP contribution in [0.25, 0.3) is 17.0 Å². The highest BCUT2D eigenvalue weighted by molar-refractivity contribution is 7.09. The van der Waals surface area contributed by atoms with Gasteiger partial charge in [0, 0.05) is 30.1 Å². The highest BCUT2D eigenvalue weighted by Gasteiger charge is 2.18. The van der Waals surface area contributed by atoms with Gasteiger partial charge in [0.15, 0.2) is 17.2 Å². The summed E-state index contributed by atoms with van der Waals surface area (Å²) < 4.78 is 8.18. The summed E-state index contributed by atoms with van der Waals surface area (Å²) in [6, 6.07) is 9.84. The number of aromatic nitrogens is 6. The minimum absolute atomic E-state index is 0.518. The number of aryl methyl sites for hydroxylation is 3. The fraction of sp³-hybridized carbons (Fsp3) is 0.333. The average molecular weight is 380 g/mol. The van der Waals surface area contributed by atoms with Crippen LogP contribution in [0.1, 0.15) is 31.8 Å². The third-order valence-electron chi connectivity index (χ3n) is 4.24. The number of fused-ring (bicyclic) bond motifs is 1. The van der Waals surface area contributed by atoms with E-state index >= 15 is 0 Å². The third-order valence-corrected chi connectivity index (χ3v) is 4.84. The van der Waals surface area contributed by atoms with Crippen LogP contribution in [-0.4, -0.2) is 28.8 Å². The average Bonchev–Trinajstić information content (AvgIpc) is 3.35. The number of hydrogen-bond donors (Lipinski definition) is 0. The predicted octanol–water partition coefficient (Wildman–Crippen LogP) is 4.75. The first-order valence-electron chi connectivity index (χ1n) is 8.97. The van der Waals surface area contributed by atoms with Gasteiger partial charge in [0.2, 0.25) is 5.13 Å². The molecular weight excluding hydrogens is 360 g/mol. The fourth-order valence-electron chi connectivity index (χ4n) is 3.00. The quantitative estimate of drug-likeness (QED) is 0.452. The van der Waals surface area contributed by atoms with Gasteiger partial charge in [0.05, 0.1) is 5.69 Å². The summed E-state index contributed by atoms with van der Waals surface area (Å²) in [5.74, 6) is 1.68. The summed E-state index contributed by atoms with van der Waals surface area (Å²) >= 11 is 1.23. The summed E-state index contributed by atoms with van der Waals surface area (Å²) in [6.07, 6.45) is 1.94. The van der Waals surface area contributed by atoms with E-state index in [1.807, 2.05) is 37.3 Å². The number of benzene rings is 1. The Balaban J connectivity index is 1.69. The zero-order valence-electron chi connectivity index (χ0n) is 15.5. The fourth-order valence-corrected chi connectivity index (χ4v) is 3.51. The summed E-state index contributed by atoms with van der Waals surface area (Å²) in [5, 5.41) is 18.4. The molecule has 3 heterocycles. The molecule has 0 bridgehead atoms. The maximum Gasteiger partial charge on any atom is 0.249 e. The van der Waals surface area contributed by atoms with Crippen LogP contribution in [-0.2, 0) is 13.0 Å². The Morgan fingerprint density at radius 2 is 1.89 bits per heavy atom. The first kappa shape index (κ1) is 17.5. The molecule has 0 aliphatic rings. The molecule has 4 rings (SSSR count). The first-order valence-corrected chi connectivity index (χ1v) is 9.74. The molecule has 0 aliphatic carbocycles. The smallest absolute Gasteiger partial charge is 0.249 e. The van der Waals surface area contributed by atoms with Crippen molar-refractivity contribution in [3.05, 3.63) is 41.9 Å². The van der Waals surface area contributed by atoms with Gasteiger partial charge >= 0.3 is 0 Å². The highest BCUT2D eigenvalue weighted by Crippen LogP contribution is 2.29. The summed E-state index contributed by atoms with van der Waals surface area (Å²) in [4.78, 5) is 4.46. The third kappa shape index (κ3) is 3.25. The molecule has 3 aromatic heterocycles. The van der Waals surface area contributed by atoms with E-state index in [-0.39, 0.29) is 0 Å². The van der Waals surface area contributed by atoms with Crippen LogP contribution in [0.4, 0.5) is 10.8 Å². The van der Waals surface area contributed by atoms with Gasteiger partial charge in [-0.05, 0) is 20.3 Å². The van der Waals surface area contributed by atoms with Crippen molar-refractivity contribution in [2.75, 3.05) is 0 Å². The van der Waals surface area contributed by atoms with Crippen molar-refractivity contribution in [1.82, 2.24) is 28.8 Å². The van der Waals surface area contributed by atoms with Crippen molar-refractivity contribution >= 4 is 28.0 Å². The molecule has 9 heteroatoms. The van der Waals surface area contributed by atoms with E-state index in [4.69, 9.17) is 0 Å². The molecule has 0 spiro atoms. The lowest BCUT2D eigenvalue weighted by atomic mass is 10.2. The Labute approximate surface area is 160 Å². The van der Waals surface area contributed by atoms with Gasteiger partial charge in [-0.25, -0.2) is 0 Å². The predicted molar refractivity (Wildman–Crippen MR) is 105 cm³/mol. The largest absolute Gasteiger partial charge is 0.310 e. The van der Waals surface area contributed by atoms with Crippen molar-refractivity contribution in [3.8, 4) is 11.4 Å². The van der Waals surface area contributed by atoms with Crippen molar-refractivity contribution < 1.29 is 0 Å². The van der Waals surface area contributed by atoms with Crippen LogP contribution in [0.5, 0.6) is 0 Å². The zero-order chi connectivity index (χ0) is 18.8. The Morgan fingerprint density at radius 1 is 1.07 bits per heavy atom. The molecule has 0 fully saturated rings. The van der Waals surface area contributed by atoms with E-state index in [1.165, 1.54) is 11.5 Å². The topological polar surface area (TPSA) is 85.6 Å². The second-order valence-corrected chi connectivity index (χ2v) is 6.85. The minimum Gasteiger partial charge on any atom is -0.310 e. The van der Waals surface area contributed by atoms with Crippen LogP contribution in [0.2, 0.25) is 0 Å². The Morgan fingerprint density at radius 3 is 2.63 bits per heavy atom. The van der Waals surface area contributed by atoms with Crippen LogP contribution in [0, 0.1) is 6.92 Å². The highest BCUT2D eigenvalue weighted by atomic mass is 32.1. The normalized spacial score (nSPS) is 11.8. The lowest BCUT2D eigenvalue weighted by molar-refractivity contribution is 0.691. The standard InChI is InChI=1S/C18H20N8S/c1-4-9-14-23-26-17(25(14)5-2)15(12(3)22-26)20-21-18-19-16(24-27-18)13-10-7-6-8-11-13/h6-8,10-11H,4-5,9H2,1-3H3. The molecule has 0 radical (unpaired) electrons. The van der Waals surface area contributed by atoms with E-state index in [2.05, 4.69) is 48.2 Å². The van der Waals surface area contributed by atoms with Gasteiger partial charge in [-0.2, -0.15) is 14.5 Å². The summed E-state index contributed by atoms with van der Waals surface area (Å²) in [5.41, 5.74) is 3.35. The number of nitrogens with zero attached hydrogens (tertiary/aromatic N) is 8. The Bertz CT molecular complexity index is 1090. The molecule has 1 aromatic carbocycles. The van der Waals surface area contributed by atoms with Gasteiger partial charge in [-0.1, -0.05) is 37.3 Å². The molecular formula is C18H20N8S. The SMILES string of the molecule is CCCc1nn2nc(C)c(N=Nc3nc(-c4ccccc4)ns3)c2n1CC. The van der Waals surface area contributed by atoms with Crippen LogP contribution >= 0.6 is 11.5 Å². The van der Waals surface area contributed by atoms with Crippen molar-refractivity contribution in [2.24, 2.45) is 10.2 Å². The molecule has 0 amide bonds. The van der Waals surface area contributed by atoms with E-state index in [0.29, 0.717) is 11.0 Å². The number of azo groups is 1.